The average molecular weight is 1630 g/mol. The number of fused-ring (bicyclic) bond motifs is 4. The zero-order valence-corrected chi connectivity index (χ0v) is 76.3. The Labute approximate surface area is 732 Å². The molecule has 16 heteroatoms. The summed E-state index contributed by atoms with van der Waals surface area (Å²) in [7, 11) is 6.33. The highest BCUT2D eigenvalue weighted by Crippen LogP contribution is 2.51. The smallest absolute Gasteiger partial charge is 0.178 e. The van der Waals surface area contributed by atoms with E-state index in [0.29, 0.717) is 12.3 Å². The molecule has 630 valence electrons. The Morgan fingerprint density at radius 2 is 0.512 bits per heavy atom. The zero-order valence-electron chi connectivity index (χ0n) is 76.3. The van der Waals surface area contributed by atoms with Gasteiger partial charge in [-0.1, -0.05) is 140 Å². The summed E-state index contributed by atoms with van der Waals surface area (Å²) >= 11 is 0. The highest BCUT2D eigenvalue weighted by atomic mass is 15.5. The van der Waals surface area contributed by atoms with E-state index in [1.165, 1.54) is 146 Å². The van der Waals surface area contributed by atoms with E-state index in [2.05, 4.69) is 494 Å². The van der Waals surface area contributed by atoms with Gasteiger partial charge >= 0.3 is 0 Å². The standard InChI is InChI=1S/C23H24N2.C19H18N4.C19H22N2.C18H22N2.C14H16N4.C14H20N2/c1-16-14-17(2)18(3)23(15-16)25-19(4)24(20-10-6-5-7-11-20)21-12-8-9-13-22(21)25;1-14-8-6-7-11-17(14)23-15(2)22(16-9-4-3-5-10-16)18-19(23)21-13-12-20-18;1-14-12-15(2)16(3)19(13-14)21-11-10-20(17(21)4)18-8-6-5-7-9-18;1-12-10-13(2)14(3)18(11-12)20-15(4)19(5)16-8-6-7-9-17(16)20;1-10-6-4-5-7-12(10)18-11(2)17(3)13-14(18)16-9-8-15-13;1-10-8-11(2)12(3)14(9-10)16-7-6-15(5)13(16)4/h5-15,19H,1-4H3;3-13,15H,1-2H3;5-13,17H,1-4H3;6-11,15H,1-5H3;4-9,11H,1-3H3;6-9,13H,1-5H3/t19-;15-;17-;15-;11-;13-/m000000/s1. The molecule has 0 aliphatic carbocycles. The van der Waals surface area contributed by atoms with Crippen LogP contribution in [0.1, 0.15) is 119 Å². The molecule has 0 fully saturated rings. The summed E-state index contributed by atoms with van der Waals surface area (Å²) in [4.78, 5) is 45.8. The third-order valence-corrected chi connectivity index (χ3v) is 25.4. The molecule has 0 saturated carbocycles. The van der Waals surface area contributed by atoms with Crippen LogP contribution in [0.15, 0.2) is 286 Å². The minimum Gasteiger partial charge on any atom is -0.359 e. The molecule has 0 amide bonds. The van der Waals surface area contributed by atoms with Crippen LogP contribution in [-0.2, 0) is 0 Å². The molecular weight excluding hydrogens is 1510 g/mol. The predicted molar refractivity (Wildman–Crippen MR) is 521 cm³/mol. The number of anilines is 17. The average Bonchev–Trinajstić information content (AvgIpc) is 1.60. The van der Waals surface area contributed by atoms with Crippen LogP contribution in [0, 0.1) is 96.9 Å². The topological polar surface area (TPSA) is 90.4 Å². The van der Waals surface area contributed by atoms with Gasteiger partial charge in [-0.25, -0.2) is 19.9 Å². The largest absolute Gasteiger partial charge is 0.359 e. The van der Waals surface area contributed by atoms with Crippen LogP contribution in [-0.4, -0.2) is 83.0 Å². The zero-order chi connectivity index (χ0) is 87.4. The third kappa shape index (κ3) is 17.4. The van der Waals surface area contributed by atoms with Gasteiger partial charge in [-0.15, -0.1) is 0 Å². The first-order valence-corrected chi connectivity index (χ1v) is 43.2. The minimum absolute atomic E-state index is 0.107. The van der Waals surface area contributed by atoms with Crippen molar-refractivity contribution in [3.8, 4) is 0 Å². The van der Waals surface area contributed by atoms with Gasteiger partial charge in [0, 0.05) is 122 Å². The summed E-state index contributed by atoms with van der Waals surface area (Å²) in [6.45, 7) is 43.9. The number of aryl methyl sites for hydroxylation is 10. The number of benzene rings is 11. The van der Waals surface area contributed by atoms with Crippen molar-refractivity contribution in [2.75, 3.05) is 75.0 Å². The molecule has 0 saturated heterocycles. The fraction of sp³-hybridized carbons (Fsp3) is 0.271. The van der Waals surface area contributed by atoms with Crippen LogP contribution in [0.25, 0.3) is 0 Å². The normalized spacial score (nSPS) is 17.5. The van der Waals surface area contributed by atoms with Crippen molar-refractivity contribution in [3.05, 3.63) is 364 Å². The first-order valence-electron chi connectivity index (χ1n) is 43.2. The van der Waals surface area contributed by atoms with Gasteiger partial charge in [0.2, 0.25) is 0 Å². The van der Waals surface area contributed by atoms with Crippen molar-refractivity contribution in [2.24, 2.45) is 0 Å². The Morgan fingerprint density at radius 1 is 0.211 bits per heavy atom. The molecule has 6 aliphatic heterocycles. The fourth-order valence-electron chi connectivity index (χ4n) is 17.9. The second-order valence-electron chi connectivity index (χ2n) is 33.6. The number of hydrogen-bond acceptors (Lipinski definition) is 16. The van der Waals surface area contributed by atoms with Gasteiger partial charge in [0.15, 0.2) is 23.3 Å². The van der Waals surface area contributed by atoms with E-state index in [9.17, 15) is 0 Å². The van der Waals surface area contributed by atoms with Crippen molar-refractivity contribution < 1.29 is 0 Å². The van der Waals surface area contributed by atoms with E-state index < -0.39 is 0 Å². The van der Waals surface area contributed by atoms with Crippen molar-refractivity contribution in [1.82, 2.24) is 24.8 Å². The van der Waals surface area contributed by atoms with Gasteiger partial charge in [-0.2, -0.15) is 0 Å². The third-order valence-electron chi connectivity index (χ3n) is 25.4. The van der Waals surface area contributed by atoms with Crippen LogP contribution >= 0.6 is 0 Å². The molecule has 6 atom stereocenters. The van der Waals surface area contributed by atoms with Crippen LogP contribution in [0.2, 0.25) is 0 Å². The summed E-state index contributed by atoms with van der Waals surface area (Å²) in [5.74, 6) is 3.67. The Hall–Kier alpha value is -13.3. The predicted octanol–water partition coefficient (Wildman–Crippen LogP) is 25.9. The SMILES string of the molecule is Cc1cc(C)c(C)c(N2C=CN(C)[C@@H]2C)c1.Cc1cc(C)c(C)c(N2C=CN(c3ccccc3)[C@@H]2C)c1.Cc1cc(C)c(C)c(N2c3ccccc3N(C)[C@@H]2C)c1.Cc1cc(C)c(C)c(N2c3ccccc3N(c3ccccc3)[C@@H]2C)c1.Cc1ccccc1N1c2nccnc2N(C)[C@@H]1C.Cc1ccccc1N1c2nccnc2N(c2ccccc2)[C@@H]1C. The molecule has 8 heterocycles. The number of rotatable bonds is 9. The summed E-state index contributed by atoms with van der Waals surface area (Å²) in [5, 5.41) is 0. The highest BCUT2D eigenvalue weighted by molar-refractivity contribution is 5.90. The van der Waals surface area contributed by atoms with E-state index in [4.69, 9.17) is 0 Å². The van der Waals surface area contributed by atoms with Gasteiger partial charge in [0.25, 0.3) is 0 Å². The van der Waals surface area contributed by atoms with E-state index in [-0.39, 0.29) is 24.7 Å². The lowest BCUT2D eigenvalue weighted by Crippen LogP contribution is -2.36. The van der Waals surface area contributed by atoms with Gasteiger partial charge in [0.05, 0.1) is 22.7 Å². The number of aromatic nitrogens is 4. The highest BCUT2D eigenvalue weighted by Gasteiger charge is 2.40. The lowest BCUT2D eigenvalue weighted by molar-refractivity contribution is 0.383. The monoisotopic (exact) mass is 1630 g/mol. The van der Waals surface area contributed by atoms with E-state index in [1.54, 1.807) is 24.8 Å². The molecule has 6 aliphatic rings. The number of para-hydroxylation sites is 9. The van der Waals surface area contributed by atoms with E-state index >= 15 is 0 Å². The lowest BCUT2D eigenvalue weighted by Gasteiger charge is -2.32. The molecule has 11 aromatic carbocycles. The van der Waals surface area contributed by atoms with Crippen LogP contribution in [0.5, 0.6) is 0 Å². The Morgan fingerprint density at radius 3 is 0.951 bits per heavy atom. The van der Waals surface area contributed by atoms with Crippen LogP contribution in [0.4, 0.5) is 97.2 Å². The first-order chi connectivity index (χ1) is 59.1. The second-order valence-corrected chi connectivity index (χ2v) is 33.6. The molecule has 0 unspecified atom stereocenters. The lowest BCUT2D eigenvalue weighted by atomic mass is 10.0. The molecule has 0 radical (unpaired) electrons. The fourth-order valence-corrected chi connectivity index (χ4v) is 17.9. The van der Waals surface area contributed by atoms with Gasteiger partial charge in [-0.3, -0.25) is 0 Å². The van der Waals surface area contributed by atoms with E-state index in [0.717, 1.165) is 29.0 Å². The summed E-state index contributed by atoms with van der Waals surface area (Å²) < 4.78 is 0. The summed E-state index contributed by atoms with van der Waals surface area (Å²) in [6, 6.07) is 83.8. The molecule has 16 nitrogen and oxygen atoms in total. The van der Waals surface area contributed by atoms with Gasteiger partial charge in [0.1, 0.15) is 37.0 Å². The molecule has 13 aromatic rings. The van der Waals surface area contributed by atoms with Gasteiger partial charge < -0.3 is 58.8 Å². The number of nitrogens with zero attached hydrogens (tertiary/aromatic N) is 16. The maximum Gasteiger partial charge on any atom is 0.178 e. The second kappa shape index (κ2) is 36.9. The minimum atomic E-state index is 0.107. The Kier molecular flexibility index (Phi) is 25.8. The van der Waals surface area contributed by atoms with Crippen LogP contribution < -0.4 is 53.9 Å². The Bertz CT molecular complexity index is 5950. The molecule has 0 N–H and O–H groups in total. The number of hydrogen-bond donors (Lipinski definition) is 0. The Balaban J connectivity index is 0.000000121. The maximum atomic E-state index is 4.61. The quantitative estimate of drug-likeness (QED) is 0.137. The molecule has 2 aromatic heterocycles. The van der Waals surface area contributed by atoms with Crippen LogP contribution in [0.3, 0.4) is 0 Å². The molecular formula is C107H122N16. The van der Waals surface area contributed by atoms with Crippen molar-refractivity contribution in [1.29, 1.82) is 0 Å². The van der Waals surface area contributed by atoms with Gasteiger partial charge in [-0.05, 0) is 313 Å². The molecule has 123 heavy (non-hydrogen) atoms. The molecule has 0 spiro atoms. The summed E-state index contributed by atoms with van der Waals surface area (Å²) in [6.07, 6.45) is 17.2. The van der Waals surface area contributed by atoms with Crippen molar-refractivity contribution in [2.45, 2.75) is 175 Å². The van der Waals surface area contributed by atoms with Crippen molar-refractivity contribution in [3.63, 3.8) is 0 Å². The molecule has 0 bridgehead atoms. The van der Waals surface area contributed by atoms with E-state index in [1.807, 2.05) is 6.07 Å². The first kappa shape index (κ1) is 86.1. The maximum absolute atomic E-state index is 4.61. The molecule has 19 rings (SSSR count). The van der Waals surface area contributed by atoms with Crippen molar-refractivity contribution >= 4 is 97.2 Å². The summed E-state index contributed by atoms with van der Waals surface area (Å²) in [5.41, 5.74) is 34.9.